The Balaban J connectivity index is 1.25. The van der Waals surface area contributed by atoms with Gasteiger partial charge in [-0.1, -0.05) is 16.8 Å². The van der Waals surface area contributed by atoms with Gasteiger partial charge in [-0.3, -0.25) is 14.5 Å². The second-order valence-corrected chi connectivity index (χ2v) is 9.12. The number of imide groups is 1. The van der Waals surface area contributed by atoms with Crippen LogP contribution in [0.5, 0.6) is 0 Å². The fourth-order valence-corrected chi connectivity index (χ4v) is 6.02. The number of nitrogens with zero attached hydrogens (tertiary/aromatic N) is 3. The van der Waals surface area contributed by atoms with Crippen molar-refractivity contribution in [1.82, 2.24) is 9.88 Å². The summed E-state index contributed by atoms with van der Waals surface area (Å²) in [5, 5.41) is 6.45. The summed E-state index contributed by atoms with van der Waals surface area (Å²) in [6.07, 6.45) is -3.75. The standard InChI is InChI=1S/C21H20ClF3N4O5/c1-2-33-20(32)15-14-9-6-10(16(14)34-28-15)13-12(9)18(30)29(19(13)31)4-3-26-17-11(22)5-8(7-27-17)21(23,24)25/h5,7,9-10,12-14,16H,2-4,6H2,1H3,(H,26,27)/t9-,10+,12-,13-,14-,16-/m0/s1. The lowest BCUT2D eigenvalue weighted by molar-refractivity contribution is -0.141. The van der Waals surface area contributed by atoms with E-state index in [2.05, 4.69) is 15.5 Å². The van der Waals surface area contributed by atoms with Gasteiger partial charge in [-0.25, -0.2) is 9.78 Å². The third kappa shape index (κ3) is 3.41. The molecule has 2 saturated carbocycles. The van der Waals surface area contributed by atoms with Gasteiger partial charge in [0, 0.05) is 25.2 Å². The number of pyridine rings is 1. The van der Waals surface area contributed by atoms with Crippen LogP contribution in [0.3, 0.4) is 0 Å². The minimum absolute atomic E-state index is 0.00183. The maximum absolute atomic E-state index is 13.2. The minimum atomic E-state index is -4.57. The van der Waals surface area contributed by atoms with Crippen LogP contribution in [-0.2, 0) is 30.1 Å². The van der Waals surface area contributed by atoms with Crippen molar-refractivity contribution in [3.05, 3.63) is 22.8 Å². The van der Waals surface area contributed by atoms with Crippen molar-refractivity contribution in [2.75, 3.05) is 25.0 Å². The molecule has 0 aromatic carbocycles. The molecule has 1 aromatic rings. The van der Waals surface area contributed by atoms with Crippen molar-refractivity contribution in [3.63, 3.8) is 0 Å². The molecule has 9 nitrogen and oxygen atoms in total. The van der Waals surface area contributed by atoms with E-state index in [4.69, 9.17) is 21.2 Å². The molecule has 1 N–H and O–H groups in total. The lowest BCUT2D eigenvalue weighted by Crippen LogP contribution is -2.42. The van der Waals surface area contributed by atoms with Gasteiger partial charge in [0.2, 0.25) is 11.8 Å². The van der Waals surface area contributed by atoms with Crippen LogP contribution in [-0.4, -0.2) is 59.2 Å². The van der Waals surface area contributed by atoms with Crippen LogP contribution in [0, 0.1) is 29.6 Å². The summed E-state index contributed by atoms with van der Waals surface area (Å²) in [6.45, 7) is 1.92. The van der Waals surface area contributed by atoms with Crippen molar-refractivity contribution in [1.29, 1.82) is 0 Å². The first-order chi connectivity index (χ1) is 16.1. The Bertz CT molecular complexity index is 1100. The molecule has 6 atom stereocenters. The summed E-state index contributed by atoms with van der Waals surface area (Å²) in [7, 11) is 0. The number of ether oxygens (including phenoxy) is 1. The summed E-state index contributed by atoms with van der Waals surface area (Å²) >= 11 is 5.89. The monoisotopic (exact) mass is 500 g/mol. The number of halogens is 4. The summed E-state index contributed by atoms with van der Waals surface area (Å²) < 4.78 is 43.4. The second-order valence-electron chi connectivity index (χ2n) is 8.71. The fraction of sp³-hybridized carbons (Fsp3) is 0.571. The van der Waals surface area contributed by atoms with Crippen LogP contribution in [0.15, 0.2) is 17.4 Å². The SMILES string of the molecule is CCOC(=O)C1=NO[C@H]2[C@@H]3C[C@H]([C@@H]12)[C@@H]1C(=O)N(CCNc2ncc(C(F)(F)F)cc2Cl)C(=O)[C@@H]31. The van der Waals surface area contributed by atoms with E-state index in [1.165, 1.54) is 0 Å². The molecule has 2 bridgehead atoms. The molecule has 182 valence electrons. The van der Waals surface area contributed by atoms with Crippen molar-refractivity contribution >= 4 is 40.9 Å². The zero-order valence-corrected chi connectivity index (χ0v) is 18.6. The Labute approximate surface area is 196 Å². The Hall–Kier alpha value is -2.89. The molecular weight excluding hydrogens is 481 g/mol. The van der Waals surface area contributed by atoms with Gasteiger partial charge in [-0.15, -0.1) is 0 Å². The highest BCUT2D eigenvalue weighted by Gasteiger charge is 2.70. The predicted octanol–water partition coefficient (Wildman–Crippen LogP) is 2.35. The first-order valence-electron chi connectivity index (χ1n) is 10.9. The summed E-state index contributed by atoms with van der Waals surface area (Å²) in [5.74, 6) is -3.15. The number of alkyl halides is 3. The van der Waals surface area contributed by atoms with Gasteiger partial charge in [0.05, 0.1) is 34.9 Å². The van der Waals surface area contributed by atoms with Gasteiger partial charge >= 0.3 is 12.1 Å². The molecule has 2 aliphatic carbocycles. The van der Waals surface area contributed by atoms with E-state index in [0.717, 1.165) is 11.0 Å². The number of hydrogen-bond acceptors (Lipinski definition) is 8. The number of oxime groups is 1. The number of hydrogen-bond donors (Lipinski definition) is 1. The predicted molar refractivity (Wildman–Crippen MR) is 110 cm³/mol. The van der Waals surface area contributed by atoms with E-state index in [9.17, 15) is 27.6 Å². The summed E-state index contributed by atoms with van der Waals surface area (Å²) in [4.78, 5) is 48.8. The maximum Gasteiger partial charge on any atom is 0.417 e. The fourth-order valence-electron chi connectivity index (χ4n) is 5.79. The van der Waals surface area contributed by atoms with E-state index in [-0.39, 0.29) is 65.8 Å². The number of anilines is 1. The highest BCUT2D eigenvalue weighted by atomic mass is 35.5. The average Bonchev–Trinajstić information content (AvgIpc) is 3.50. The largest absolute Gasteiger partial charge is 0.461 e. The molecule has 2 aliphatic heterocycles. The Kier molecular flexibility index (Phi) is 5.45. The molecule has 0 unspecified atom stereocenters. The van der Waals surface area contributed by atoms with E-state index >= 15 is 0 Å². The lowest BCUT2D eigenvalue weighted by atomic mass is 9.72. The third-order valence-corrected chi connectivity index (χ3v) is 7.35. The number of amides is 2. The highest BCUT2D eigenvalue weighted by molar-refractivity contribution is 6.38. The number of carbonyl (C=O) groups excluding carboxylic acids is 3. The number of rotatable bonds is 6. The first-order valence-corrected chi connectivity index (χ1v) is 11.2. The molecule has 5 rings (SSSR count). The molecule has 2 amide bonds. The van der Waals surface area contributed by atoms with Crippen molar-refractivity contribution < 1.29 is 37.1 Å². The van der Waals surface area contributed by atoms with Gasteiger partial charge in [-0.2, -0.15) is 13.2 Å². The third-order valence-electron chi connectivity index (χ3n) is 7.06. The smallest absolute Gasteiger partial charge is 0.417 e. The molecule has 0 radical (unpaired) electrons. The van der Waals surface area contributed by atoms with Crippen LogP contribution < -0.4 is 5.32 Å². The number of nitrogens with one attached hydrogen (secondary N) is 1. The van der Waals surface area contributed by atoms with E-state index in [1.54, 1.807) is 6.92 Å². The second kappa shape index (κ2) is 8.10. The molecule has 1 aromatic heterocycles. The number of fused-ring (bicyclic) bond motifs is 8. The molecule has 13 heteroatoms. The summed E-state index contributed by atoms with van der Waals surface area (Å²) in [5.41, 5.74) is -0.809. The van der Waals surface area contributed by atoms with E-state index < -0.39 is 35.6 Å². The average molecular weight is 501 g/mol. The highest BCUT2D eigenvalue weighted by Crippen LogP contribution is 2.61. The van der Waals surface area contributed by atoms with Crippen LogP contribution in [0.25, 0.3) is 0 Å². The normalized spacial score (nSPS) is 31.3. The van der Waals surface area contributed by atoms with E-state index in [1.807, 2.05) is 0 Å². The Morgan fingerprint density at radius 1 is 1.26 bits per heavy atom. The van der Waals surface area contributed by atoms with Crippen molar-refractivity contribution in [3.8, 4) is 0 Å². The van der Waals surface area contributed by atoms with Crippen LogP contribution in [0.2, 0.25) is 5.02 Å². The molecule has 34 heavy (non-hydrogen) atoms. The minimum Gasteiger partial charge on any atom is -0.461 e. The van der Waals surface area contributed by atoms with Crippen LogP contribution in [0.1, 0.15) is 18.9 Å². The molecule has 3 fully saturated rings. The first kappa shape index (κ1) is 22.9. The number of esters is 1. The molecule has 1 saturated heterocycles. The maximum atomic E-state index is 13.2. The number of likely N-dealkylation sites (tertiary alicyclic amines) is 1. The molecule has 3 heterocycles. The van der Waals surface area contributed by atoms with E-state index in [0.29, 0.717) is 12.6 Å². The van der Waals surface area contributed by atoms with Gasteiger partial charge < -0.3 is 14.9 Å². The van der Waals surface area contributed by atoms with Crippen LogP contribution in [0.4, 0.5) is 19.0 Å². The Morgan fingerprint density at radius 3 is 2.62 bits per heavy atom. The van der Waals surface area contributed by atoms with Gasteiger partial charge in [0.15, 0.2) is 5.71 Å². The van der Waals surface area contributed by atoms with Gasteiger partial charge in [-0.05, 0) is 25.3 Å². The van der Waals surface area contributed by atoms with Gasteiger partial charge in [0.1, 0.15) is 11.9 Å². The zero-order valence-electron chi connectivity index (χ0n) is 17.8. The zero-order chi connectivity index (χ0) is 24.4. The quantitative estimate of drug-likeness (QED) is 0.471. The van der Waals surface area contributed by atoms with Crippen molar-refractivity contribution in [2.24, 2.45) is 34.7 Å². The molecular formula is C21H20ClF3N4O5. The van der Waals surface area contributed by atoms with Crippen molar-refractivity contribution in [2.45, 2.75) is 25.6 Å². The number of carbonyl (C=O) groups is 3. The topological polar surface area (TPSA) is 110 Å². The Morgan fingerprint density at radius 2 is 1.97 bits per heavy atom. The summed E-state index contributed by atoms with van der Waals surface area (Å²) in [6, 6.07) is 0.757. The van der Waals surface area contributed by atoms with Gasteiger partial charge in [0.25, 0.3) is 0 Å². The molecule has 0 spiro atoms. The molecule has 4 aliphatic rings. The number of aromatic nitrogens is 1. The lowest BCUT2D eigenvalue weighted by Gasteiger charge is -2.29. The van der Waals surface area contributed by atoms with Crippen LogP contribution >= 0.6 is 11.6 Å².